The molecule has 0 aromatic heterocycles. The molecule has 0 saturated carbocycles. The quantitative estimate of drug-likeness (QED) is 0.892. The molecule has 1 heterocycles. The summed E-state index contributed by atoms with van der Waals surface area (Å²) in [6.45, 7) is 4.62. The summed E-state index contributed by atoms with van der Waals surface area (Å²) in [4.78, 5) is 0. The maximum absolute atomic E-state index is 10.9. The molecule has 2 heteroatoms. The summed E-state index contributed by atoms with van der Waals surface area (Å²) < 4.78 is 5.51. The summed E-state index contributed by atoms with van der Waals surface area (Å²) in [5.41, 5.74) is 3.19. The molecular formula is C17H18O2. The highest BCUT2D eigenvalue weighted by Crippen LogP contribution is 2.35. The van der Waals surface area contributed by atoms with Gasteiger partial charge < -0.3 is 9.84 Å². The van der Waals surface area contributed by atoms with Crippen molar-refractivity contribution in [2.45, 2.75) is 25.9 Å². The Morgan fingerprint density at radius 2 is 1.95 bits per heavy atom. The summed E-state index contributed by atoms with van der Waals surface area (Å²) in [5, 5.41) is 10.9. The van der Waals surface area contributed by atoms with Gasteiger partial charge in [-0.2, -0.15) is 0 Å². The van der Waals surface area contributed by atoms with Gasteiger partial charge in [0.1, 0.15) is 11.4 Å². The molecule has 1 aliphatic rings. The van der Waals surface area contributed by atoms with Crippen molar-refractivity contribution in [3.63, 3.8) is 0 Å². The number of fused-ring (bicyclic) bond motifs is 1. The summed E-state index contributed by atoms with van der Waals surface area (Å²) in [7, 11) is 0. The van der Waals surface area contributed by atoms with Gasteiger partial charge in [0.2, 0.25) is 0 Å². The zero-order valence-electron chi connectivity index (χ0n) is 11.3. The zero-order valence-corrected chi connectivity index (χ0v) is 11.3. The zero-order chi connectivity index (χ0) is 13.5. The molecule has 0 radical (unpaired) electrons. The first-order valence-corrected chi connectivity index (χ1v) is 6.64. The third-order valence-corrected chi connectivity index (χ3v) is 3.92. The highest BCUT2D eigenvalue weighted by Gasteiger charge is 2.28. The van der Waals surface area contributed by atoms with Gasteiger partial charge in [-0.3, -0.25) is 0 Å². The molecule has 1 unspecified atom stereocenters. The fourth-order valence-corrected chi connectivity index (χ4v) is 2.76. The van der Waals surface area contributed by atoms with Crippen LogP contribution in [0.4, 0.5) is 0 Å². The van der Waals surface area contributed by atoms with Crippen LogP contribution in [0, 0.1) is 6.92 Å². The van der Waals surface area contributed by atoms with Gasteiger partial charge >= 0.3 is 0 Å². The molecule has 3 rings (SSSR count). The number of rotatable bonds is 2. The lowest BCUT2D eigenvalue weighted by atomic mass is 9.85. The average Bonchev–Trinajstić information content (AvgIpc) is 2.86. The van der Waals surface area contributed by atoms with E-state index >= 15 is 0 Å². The van der Waals surface area contributed by atoms with Crippen LogP contribution >= 0.6 is 0 Å². The topological polar surface area (TPSA) is 29.5 Å². The second-order valence-electron chi connectivity index (χ2n) is 5.31. The number of hydrogen-bond acceptors (Lipinski definition) is 2. The Kier molecular flexibility index (Phi) is 2.83. The summed E-state index contributed by atoms with van der Waals surface area (Å²) in [6.07, 6.45) is 0.924. The van der Waals surface area contributed by atoms with Crippen LogP contribution in [0.15, 0.2) is 42.5 Å². The fourth-order valence-electron chi connectivity index (χ4n) is 2.76. The van der Waals surface area contributed by atoms with Crippen LogP contribution in [0.5, 0.6) is 5.75 Å². The summed E-state index contributed by atoms with van der Waals surface area (Å²) in [5.74, 6) is 0.948. The van der Waals surface area contributed by atoms with Gasteiger partial charge in [-0.05, 0) is 48.2 Å². The predicted molar refractivity (Wildman–Crippen MR) is 75.5 cm³/mol. The van der Waals surface area contributed by atoms with Crippen molar-refractivity contribution in [1.82, 2.24) is 0 Å². The largest absolute Gasteiger partial charge is 0.493 e. The minimum absolute atomic E-state index is 0.741. The molecule has 19 heavy (non-hydrogen) atoms. The number of aryl methyl sites for hydroxylation is 1. The smallest absolute Gasteiger partial charge is 0.122 e. The highest BCUT2D eigenvalue weighted by molar-refractivity contribution is 5.46. The molecule has 1 aliphatic heterocycles. The van der Waals surface area contributed by atoms with Gasteiger partial charge in [0.25, 0.3) is 0 Å². The Balaban J connectivity index is 2.07. The normalized spacial score (nSPS) is 16.6. The van der Waals surface area contributed by atoms with Gasteiger partial charge in [-0.15, -0.1) is 0 Å². The van der Waals surface area contributed by atoms with E-state index in [4.69, 9.17) is 4.74 Å². The van der Waals surface area contributed by atoms with Crippen LogP contribution in [-0.2, 0) is 12.0 Å². The van der Waals surface area contributed by atoms with Gasteiger partial charge in [0.15, 0.2) is 0 Å². The summed E-state index contributed by atoms with van der Waals surface area (Å²) in [6, 6.07) is 14.0. The SMILES string of the molecule is Cc1ccccc1C(C)(O)c1ccc2c(c1)CCO2. The van der Waals surface area contributed by atoms with Crippen LogP contribution in [0.25, 0.3) is 0 Å². The maximum Gasteiger partial charge on any atom is 0.122 e. The minimum Gasteiger partial charge on any atom is -0.493 e. The van der Waals surface area contributed by atoms with E-state index in [9.17, 15) is 5.11 Å². The standard InChI is InChI=1S/C17H18O2/c1-12-5-3-4-6-15(12)17(2,18)14-7-8-16-13(11-14)9-10-19-16/h3-8,11,18H,9-10H2,1-2H3. The summed E-state index contributed by atoms with van der Waals surface area (Å²) >= 11 is 0. The Hall–Kier alpha value is -1.80. The van der Waals surface area contributed by atoms with Crippen molar-refractivity contribution in [2.75, 3.05) is 6.61 Å². The van der Waals surface area contributed by atoms with E-state index in [2.05, 4.69) is 6.07 Å². The number of ether oxygens (including phenoxy) is 1. The van der Waals surface area contributed by atoms with Gasteiger partial charge in [-0.25, -0.2) is 0 Å². The molecule has 1 N–H and O–H groups in total. The molecule has 0 saturated heterocycles. The van der Waals surface area contributed by atoms with Crippen LogP contribution in [-0.4, -0.2) is 11.7 Å². The van der Waals surface area contributed by atoms with E-state index in [-0.39, 0.29) is 0 Å². The lowest BCUT2D eigenvalue weighted by molar-refractivity contribution is 0.101. The second kappa shape index (κ2) is 4.39. The monoisotopic (exact) mass is 254 g/mol. The van der Waals surface area contributed by atoms with Crippen LogP contribution in [0.1, 0.15) is 29.2 Å². The van der Waals surface area contributed by atoms with Crippen molar-refractivity contribution in [3.8, 4) is 5.75 Å². The fraction of sp³-hybridized carbons (Fsp3) is 0.294. The third kappa shape index (κ3) is 2.02. The van der Waals surface area contributed by atoms with Gasteiger partial charge in [-0.1, -0.05) is 30.3 Å². The Bertz CT molecular complexity index is 614. The first kappa shape index (κ1) is 12.2. The molecule has 2 aromatic rings. The lowest BCUT2D eigenvalue weighted by Gasteiger charge is -2.26. The number of benzene rings is 2. The molecule has 0 amide bonds. The van der Waals surface area contributed by atoms with Crippen molar-refractivity contribution in [1.29, 1.82) is 0 Å². The third-order valence-electron chi connectivity index (χ3n) is 3.92. The van der Waals surface area contributed by atoms with Crippen LogP contribution in [0.3, 0.4) is 0 Å². The van der Waals surface area contributed by atoms with Crippen LogP contribution < -0.4 is 4.74 Å². The molecule has 2 nitrogen and oxygen atoms in total. The molecular weight excluding hydrogens is 236 g/mol. The van der Waals surface area contributed by atoms with E-state index in [1.165, 1.54) is 5.56 Å². The van der Waals surface area contributed by atoms with E-state index in [0.29, 0.717) is 0 Å². The van der Waals surface area contributed by atoms with Crippen LogP contribution in [0.2, 0.25) is 0 Å². The molecule has 0 fully saturated rings. The minimum atomic E-state index is -0.969. The Morgan fingerprint density at radius 1 is 1.16 bits per heavy atom. The Labute approximate surface area is 113 Å². The molecule has 1 atom stereocenters. The first-order valence-electron chi connectivity index (χ1n) is 6.64. The van der Waals surface area contributed by atoms with Crippen molar-refractivity contribution in [2.24, 2.45) is 0 Å². The van der Waals surface area contributed by atoms with Gasteiger partial charge in [0, 0.05) is 6.42 Å². The van der Waals surface area contributed by atoms with E-state index in [1.807, 2.05) is 50.2 Å². The number of aliphatic hydroxyl groups is 1. The molecule has 0 aliphatic carbocycles. The van der Waals surface area contributed by atoms with Crippen molar-refractivity contribution >= 4 is 0 Å². The second-order valence-corrected chi connectivity index (χ2v) is 5.31. The Morgan fingerprint density at radius 3 is 2.74 bits per heavy atom. The number of hydrogen-bond donors (Lipinski definition) is 1. The first-order chi connectivity index (χ1) is 9.09. The predicted octanol–water partition coefficient (Wildman–Crippen LogP) is 3.19. The van der Waals surface area contributed by atoms with E-state index < -0.39 is 5.60 Å². The van der Waals surface area contributed by atoms with E-state index in [1.54, 1.807) is 0 Å². The molecule has 0 spiro atoms. The molecule has 2 aromatic carbocycles. The van der Waals surface area contributed by atoms with E-state index in [0.717, 1.165) is 35.5 Å². The average molecular weight is 254 g/mol. The van der Waals surface area contributed by atoms with Crippen molar-refractivity contribution in [3.05, 3.63) is 64.7 Å². The molecule has 98 valence electrons. The van der Waals surface area contributed by atoms with Crippen molar-refractivity contribution < 1.29 is 9.84 Å². The maximum atomic E-state index is 10.9. The van der Waals surface area contributed by atoms with Gasteiger partial charge in [0.05, 0.1) is 6.61 Å². The highest BCUT2D eigenvalue weighted by atomic mass is 16.5. The molecule has 0 bridgehead atoms. The lowest BCUT2D eigenvalue weighted by Crippen LogP contribution is -2.24.